The fourth-order valence-corrected chi connectivity index (χ4v) is 5.71. The minimum absolute atomic E-state index is 0.155. The minimum Gasteiger partial charge on any atom is -0.355 e. The molecule has 13 nitrogen and oxygen atoms in total. The molecule has 0 aromatic heterocycles. The average molecular weight is 637 g/mol. The van der Waals surface area contributed by atoms with Crippen LogP contribution in [0.15, 0.2) is 95.9 Å². The van der Waals surface area contributed by atoms with E-state index in [-0.39, 0.29) is 11.4 Å². The van der Waals surface area contributed by atoms with Crippen LogP contribution in [0.5, 0.6) is 0 Å². The van der Waals surface area contributed by atoms with E-state index < -0.39 is 41.3 Å². The van der Waals surface area contributed by atoms with Crippen molar-refractivity contribution in [1.82, 2.24) is 4.13 Å². The average Bonchev–Trinajstić information content (AvgIpc) is 2.93. The summed E-state index contributed by atoms with van der Waals surface area (Å²) in [6.07, 6.45) is 0. The van der Waals surface area contributed by atoms with Gasteiger partial charge in [0.05, 0.1) is 14.7 Å². The van der Waals surface area contributed by atoms with Crippen molar-refractivity contribution >= 4 is 66.5 Å². The topological polar surface area (TPSA) is 186 Å². The van der Waals surface area contributed by atoms with Crippen LogP contribution < -0.4 is 20.1 Å². The monoisotopic (exact) mass is 636 g/mol. The van der Waals surface area contributed by atoms with Crippen molar-refractivity contribution in [1.29, 1.82) is 0 Å². The van der Waals surface area contributed by atoms with Crippen LogP contribution in [0.1, 0.15) is 0 Å². The normalized spacial score (nSPS) is 12.3. The van der Waals surface area contributed by atoms with Crippen molar-refractivity contribution < 1.29 is 35.6 Å². The zero-order valence-electron chi connectivity index (χ0n) is 21.4. The van der Waals surface area contributed by atoms with Crippen LogP contribution in [0.4, 0.5) is 58.7 Å². The van der Waals surface area contributed by atoms with Gasteiger partial charge in [-0.05, 0) is 54.6 Å². The summed E-state index contributed by atoms with van der Waals surface area (Å²) in [5.41, 5.74) is -3.27. The number of hydrogen-bond acceptors (Lipinski definition) is 10. The van der Waals surface area contributed by atoms with Gasteiger partial charge in [0.15, 0.2) is 0 Å². The number of rotatable bonds is 11. The van der Waals surface area contributed by atoms with Crippen molar-refractivity contribution in [3.05, 3.63) is 111 Å². The second-order valence-electron chi connectivity index (χ2n) is 8.61. The molecule has 43 heavy (non-hydrogen) atoms. The molecule has 0 aliphatic carbocycles. The first-order valence-electron chi connectivity index (χ1n) is 11.8. The van der Waals surface area contributed by atoms with Gasteiger partial charge in [-0.2, -0.15) is 13.2 Å². The van der Waals surface area contributed by atoms with E-state index in [2.05, 4.69) is 16.0 Å². The van der Waals surface area contributed by atoms with Gasteiger partial charge >= 0.3 is 5.51 Å². The van der Waals surface area contributed by atoms with Gasteiger partial charge in [-0.25, -0.2) is 12.6 Å². The lowest BCUT2D eigenvalue weighted by Crippen LogP contribution is -2.34. The number of nitrogens with zero attached hydrogens (tertiary/aromatic N) is 2. The molecule has 18 heteroatoms. The minimum atomic E-state index is -5.28. The smallest absolute Gasteiger partial charge is 0.355 e. The quantitative estimate of drug-likeness (QED) is 0.109. The van der Waals surface area contributed by atoms with Gasteiger partial charge in [-0.1, -0.05) is 12.1 Å². The Morgan fingerprint density at radius 2 is 1.05 bits per heavy atom. The van der Waals surface area contributed by atoms with Crippen molar-refractivity contribution in [3.63, 3.8) is 0 Å². The van der Waals surface area contributed by atoms with Gasteiger partial charge in [0.2, 0.25) is 11.0 Å². The molecule has 0 spiro atoms. The van der Waals surface area contributed by atoms with Gasteiger partial charge < -0.3 is 16.0 Å². The lowest BCUT2D eigenvalue weighted by Gasteiger charge is -2.15. The Labute approximate surface area is 243 Å². The summed E-state index contributed by atoms with van der Waals surface area (Å²) < 4.78 is 74.3. The highest BCUT2D eigenvalue weighted by Crippen LogP contribution is 2.31. The summed E-state index contributed by atoms with van der Waals surface area (Å²) in [5, 5.41) is 31.4. The number of anilines is 6. The van der Waals surface area contributed by atoms with E-state index in [1.165, 1.54) is 48.5 Å². The Balaban J connectivity index is 1.63. The SMILES string of the molecule is O=[N+]([O-])c1cccc(Nc2cc(Nc3ccc(S(=O)(=O)NS(=O)C(F)(F)F)cc3)cc(Nc3cccc([N+](=O)[O-])c3)c2)c1. The lowest BCUT2D eigenvalue weighted by molar-refractivity contribution is -0.385. The summed E-state index contributed by atoms with van der Waals surface area (Å²) in [6, 6.07) is 20.8. The summed E-state index contributed by atoms with van der Waals surface area (Å²) in [5.74, 6) is 0. The highest BCUT2D eigenvalue weighted by molar-refractivity contribution is 8.02. The molecule has 4 N–H and O–H groups in total. The summed E-state index contributed by atoms with van der Waals surface area (Å²) in [6.45, 7) is 0. The molecule has 0 saturated heterocycles. The van der Waals surface area contributed by atoms with Crippen molar-refractivity contribution in [2.24, 2.45) is 0 Å². The molecular weight excluding hydrogens is 617 g/mol. The first kappa shape index (κ1) is 30.9. The summed E-state index contributed by atoms with van der Waals surface area (Å²) in [7, 11) is -8.58. The molecule has 0 saturated carbocycles. The largest absolute Gasteiger partial charge is 0.486 e. The van der Waals surface area contributed by atoms with E-state index in [4.69, 9.17) is 0 Å². The number of nitro benzene ring substituents is 2. The van der Waals surface area contributed by atoms with E-state index >= 15 is 0 Å². The molecule has 4 aromatic rings. The molecule has 0 fully saturated rings. The van der Waals surface area contributed by atoms with Crippen molar-refractivity contribution in [3.8, 4) is 0 Å². The maximum Gasteiger partial charge on any atom is 0.486 e. The number of sulfonamides is 1. The standard InChI is InChI=1S/C25H19F3N6O7S2/c26-25(27,28)42(39)32-43(40,41)24-9-7-16(8-10-24)29-19-11-20(30-17-3-1-5-22(14-17)33(35)36)13-21(12-19)31-18-4-2-6-23(15-18)34(37)38/h1-15,29-32H. The first-order chi connectivity index (χ1) is 20.2. The Hall–Kier alpha value is -5.07. The van der Waals surface area contributed by atoms with Gasteiger partial charge in [0, 0.05) is 58.4 Å². The van der Waals surface area contributed by atoms with Crippen LogP contribution in [-0.2, 0) is 21.0 Å². The van der Waals surface area contributed by atoms with E-state index in [1.807, 2.05) is 0 Å². The van der Waals surface area contributed by atoms with Gasteiger partial charge in [0.1, 0.15) is 0 Å². The molecule has 0 aliphatic heterocycles. The fraction of sp³-hybridized carbons (Fsp3) is 0.0400. The molecule has 4 aromatic carbocycles. The number of alkyl halides is 3. The van der Waals surface area contributed by atoms with Crippen LogP contribution in [0.3, 0.4) is 0 Å². The maximum atomic E-state index is 12.5. The molecule has 1 atom stereocenters. The molecule has 1 unspecified atom stereocenters. The molecule has 0 bridgehead atoms. The third-order valence-corrected chi connectivity index (χ3v) is 8.27. The third-order valence-electron chi connectivity index (χ3n) is 5.47. The van der Waals surface area contributed by atoms with Crippen LogP contribution in [-0.4, -0.2) is 28.0 Å². The van der Waals surface area contributed by atoms with E-state index in [9.17, 15) is 46.0 Å². The number of nitrogens with one attached hydrogen (secondary N) is 4. The fourth-order valence-electron chi connectivity index (χ4n) is 3.65. The van der Waals surface area contributed by atoms with Gasteiger partial charge in [0.25, 0.3) is 21.4 Å². The molecule has 0 amide bonds. The lowest BCUT2D eigenvalue weighted by atomic mass is 10.2. The number of halogens is 3. The van der Waals surface area contributed by atoms with Gasteiger partial charge in [-0.3, -0.25) is 20.2 Å². The Kier molecular flexibility index (Phi) is 8.93. The molecule has 0 heterocycles. The maximum absolute atomic E-state index is 12.5. The molecule has 0 radical (unpaired) electrons. The van der Waals surface area contributed by atoms with E-state index in [0.717, 1.165) is 16.3 Å². The predicted molar refractivity (Wildman–Crippen MR) is 153 cm³/mol. The van der Waals surface area contributed by atoms with E-state index in [1.54, 1.807) is 30.3 Å². The van der Waals surface area contributed by atoms with Gasteiger partial charge in [-0.15, -0.1) is 4.13 Å². The van der Waals surface area contributed by atoms with Crippen LogP contribution >= 0.6 is 0 Å². The zero-order chi connectivity index (χ0) is 31.4. The third kappa shape index (κ3) is 8.24. The Morgan fingerprint density at radius 1 is 0.628 bits per heavy atom. The van der Waals surface area contributed by atoms with E-state index in [0.29, 0.717) is 34.1 Å². The Bertz CT molecular complexity index is 1740. The summed E-state index contributed by atoms with van der Waals surface area (Å²) >= 11 is 0. The first-order valence-corrected chi connectivity index (χ1v) is 14.4. The Morgan fingerprint density at radius 3 is 1.44 bits per heavy atom. The number of non-ortho nitro benzene ring substituents is 2. The molecular formula is C25H19F3N6O7S2. The van der Waals surface area contributed by atoms with Crippen LogP contribution in [0.2, 0.25) is 0 Å². The highest BCUT2D eigenvalue weighted by atomic mass is 32.3. The predicted octanol–water partition coefficient (Wildman–Crippen LogP) is 6.20. The molecule has 224 valence electrons. The molecule has 0 aliphatic rings. The van der Waals surface area contributed by atoms with Crippen LogP contribution in [0.25, 0.3) is 0 Å². The van der Waals surface area contributed by atoms with Crippen molar-refractivity contribution in [2.75, 3.05) is 16.0 Å². The van der Waals surface area contributed by atoms with Crippen LogP contribution in [0, 0.1) is 20.2 Å². The second kappa shape index (κ2) is 12.4. The number of nitro groups is 2. The zero-order valence-corrected chi connectivity index (χ0v) is 23.0. The number of benzene rings is 4. The highest BCUT2D eigenvalue weighted by Gasteiger charge is 2.40. The summed E-state index contributed by atoms with van der Waals surface area (Å²) in [4.78, 5) is 20.7. The molecule has 4 rings (SSSR count). The second-order valence-corrected chi connectivity index (χ2v) is 11.8. The number of hydrogen-bond donors (Lipinski definition) is 4. The van der Waals surface area contributed by atoms with Crippen molar-refractivity contribution in [2.45, 2.75) is 10.4 Å².